The summed E-state index contributed by atoms with van der Waals surface area (Å²) in [6, 6.07) is 11.2. The number of rotatable bonds is 6. The lowest BCUT2D eigenvalue weighted by Crippen LogP contribution is -2.22. The van der Waals surface area contributed by atoms with E-state index in [1.165, 1.54) is 12.1 Å². The second-order valence-corrected chi connectivity index (χ2v) is 5.50. The Morgan fingerprint density at radius 3 is 2.46 bits per heavy atom. The fourth-order valence-electron chi connectivity index (χ4n) is 2.27. The number of ether oxygens (including phenoxy) is 1. The van der Waals surface area contributed by atoms with E-state index in [9.17, 15) is 14.0 Å². The molecule has 0 radical (unpaired) electrons. The summed E-state index contributed by atoms with van der Waals surface area (Å²) < 4.78 is 18.5. The third-order valence-electron chi connectivity index (χ3n) is 3.65. The molecule has 1 unspecified atom stereocenters. The van der Waals surface area contributed by atoms with Crippen molar-refractivity contribution in [3.8, 4) is 5.75 Å². The maximum atomic E-state index is 13.4. The van der Waals surface area contributed by atoms with E-state index in [1.807, 2.05) is 24.3 Å². The first-order valence-corrected chi connectivity index (χ1v) is 7.44. The molecule has 126 valence electrons. The molecule has 5 nitrogen and oxygen atoms in total. The molecule has 0 aliphatic carbocycles. The van der Waals surface area contributed by atoms with E-state index in [1.54, 1.807) is 14.0 Å². The molecule has 2 rings (SSSR count). The zero-order chi connectivity index (χ0) is 17.7. The van der Waals surface area contributed by atoms with Gasteiger partial charge in [0.25, 0.3) is 5.91 Å². The zero-order valence-corrected chi connectivity index (χ0v) is 13.5. The van der Waals surface area contributed by atoms with Crippen LogP contribution in [0.4, 0.5) is 10.1 Å². The number of carbonyl (C=O) groups excluding carboxylic acids is 2. The Bertz CT molecular complexity index is 744. The minimum Gasteiger partial charge on any atom is -0.497 e. The van der Waals surface area contributed by atoms with E-state index in [4.69, 9.17) is 10.5 Å². The number of primary amides is 1. The Hall–Kier alpha value is -2.89. The number of nitrogens with one attached hydrogen (secondary N) is 1. The highest BCUT2D eigenvalue weighted by atomic mass is 19.1. The number of nitrogens with two attached hydrogens (primary N) is 1. The summed E-state index contributed by atoms with van der Waals surface area (Å²) in [4.78, 5) is 23.4. The van der Waals surface area contributed by atoms with Crippen LogP contribution in [-0.4, -0.2) is 18.9 Å². The topological polar surface area (TPSA) is 81.4 Å². The Morgan fingerprint density at radius 2 is 1.88 bits per heavy atom. The molecule has 0 heterocycles. The van der Waals surface area contributed by atoms with Crippen molar-refractivity contribution in [2.45, 2.75) is 13.3 Å². The van der Waals surface area contributed by atoms with Crippen LogP contribution in [0, 0.1) is 11.7 Å². The molecule has 2 amide bonds. The van der Waals surface area contributed by atoms with E-state index in [0.717, 1.165) is 17.4 Å². The summed E-state index contributed by atoms with van der Waals surface area (Å²) in [5, 5.41) is 2.67. The predicted octanol–water partition coefficient (Wildman–Crippen LogP) is 2.75. The predicted molar refractivity (Wildman–Crippen MR) is 89.4 cm³/mol. The molecule has 2 aromatic carbocycles. The van der Waals surface area contributed by atoms with Crippen LogP contribution in [0.2, 0.25) is 0 Å². The van der Waals surface area contributed by atoms with Gasteiger partial charge in [-0.05, 0) is 42.3 Å². The normalized spacial score (nSPS) is 11.6. The highest BCUT2D eigenvalue weighted by molar-refractivity contribution is 5.97. The summed E-state index contributed by atoms with van der Waals surface area (Å²) in [7, 11) is 1.59. The molecule has 1 atom stereocenters. The van der Waals surface area contributed by atoms with Gasteiger partial charge in [0, 0.05) is 11.6 Å². The van der Waals surface area contributed by atoms with Gasteiger partial charge in [-0.2, -0.15) is 0 Å². The first-order valence-electron chi connectivity index (χ1n) is 7.44. The van der Waals surface area contributed by atoms with Crippen molar-refractivity contribution in [3.63, 3.8) is 0 Å². The number of hydrogen-bond acceptors (Lipinski definition) is 3. The van der Waals surface area contributed by atoms with Gasteiger partial charge in [-0.25, -0.2) is 4.39 Å². The van der Waals surface area contributed by atoms with Crippen molar-refractivity contribution in [1.82, 2.24) is 0 Å². The van der Waals surface area contributed by atoms with Crippen molar-refractivity contribution in [1.29, 1.82) is 0 Å². The number of halogens is 1. The molecule has 0 spiro atoms. The summed E-state index contributed by atoms with van der Waals surface area (Å²) in [6.07, 6.45) is 0.541. The van der Waals surface area contributed by atoms with Gasteiger partial charge in [-0.1, -0.05) is 19.1 Å². The number of methoxy groups -OCH3 is 1. The largest absolute Gasteiger partial charge is 0.497 e. The van der Waals surface area contributed by atoms with Crippen molar-refractivity contribution >= 4 is 17.5 Å². The van der Waals surface area contributed by atoms with Crippen LogP contribution in [0.25, 0.3) is 0 Å². The molecule has 0 fully saturated rings. The molecule has 0 bridgehead atoms. The molecule has 0 aromatic heterocycles. The maximum Gasteiger partial charge on any atom is 0.251 e. The first kappa shape index (κ1) is 17.5. The molecule has 3 N–H and O–H groups in total. The number of anilines is 1. The highest BCUT2D eigenvalue weighted by Gasteiger charge is 2.16. The number of benzene rings is 2. The fraction of sp³-hybridized carbons (Fsp3) is 0.222. The van der Waals surface area contributed by atoms with E-state index < -0.39 is 11.7 Å². The van der Waals surface area contributed by atoms with Crippen molar-refractivity contribution < 1.29 is 18.7 Å². The molecule has 6 heteroatoms. The fourth-order valence-corrected chi connectivity index (χ4v) is 2.27. The van der Waals surface area contributed by atoms with E-state index in [2.05, 4.69) is 5.32 Å². The van der Waals surface area contributed by atoms with E-state index in [0.29, 0.717) is 12.1 Å². The molecule has 0 aliphatic rings. The van der Waals surface area contributed by atoms with E-state index in [-0.39, 0.29) is 17.4 Å². The Morgan fingerprint density at radius 1 is 1.21 bits per heavy atom. The monoisotopic (exact) mass is 330 g/mol. The second kappa shape index (κ2) is 7.59. The molecule has 0 saturated carbocycles. The average Bonchev–Trinajstić information content (AvgIpc) is 2.57. The van der Waals surface area contributed by atoms with Gasteiger partial charge in [-0.15, -0.1) is 0 Å². The lowest BCUT2D eigenvalue weighted by Gasteiger charge is -2.13. The highest BCUT2D eigenvalue weighted by Crippen LogP contribution is 2.18. The Labute approximate surface area is 139 Å². The molecular weight excluding hydrogens is 311 g/mol. The molecule has 0 saturated heterocycles. The zero-order valence-electron chi connectivity index (χ0n) is 13.5. The third kappa shape index (κ3) is 4.32. The number of amides is 2. The van der Waals surface area contributed by atoms with E-state index >= 15 is 0 Å². The number of carbonyl (C=O) groups is 2. The van der Waals surface area contributed by atoms with Gasteiger partial charge in [0.1, 0.15) is 11.6 Å². The van der Waals surface area contributed by atoms with Crippen LogP contribution < -0.4 is 15.8 Å². The minimum absolute atomic E-state index is 0.229. The van der Waals surface area contributed by atoms with Crippen LogP contribution in [-0.2, 0) is 11.2 Å². The first-order chi connectivity index (χ1) is 11.4. The number of hydrogen-bond donors (Lipinski definition) is 2. The lowest BCUT2D eigenvalue weighted by atomic mass is 10.00. The molecule has 0 aliphatic heterocycles. The lowest BCUT2D eigenvalue weighted by molar-refractivity contribution is -0.119. The quantitative estimate of drug-likeness (QED) is 0.854. The van der Waals surface area contributed by atoms with Gasteiger partial charge < -0.3 is 15.8 Å². The van der Waals surface area contributed by atoms with Gasteiger partial charge >= 0.3 is 0 Å². The molecular formula is C18H19FN2O3. The van der Waals surface area contributed by atoms with Crippen molar-refractivity contribution in [3.05, 3.63) is 59.4 Å². The second-order valence-electron chi connectivity index (χ2n) is 5.50. The summed E-state index contributed by atoms with van der Waals surface area (Å²) in [5.74, 6) is -1.38. The van der Waals surface area contributed by atoms with Crippen LogP contribution in [0.1, 0.15) is 22.8 Å². The third-order valence-corrected chi connectivity index (χ3v) is 3.65. The SMILES string of the molecule is COc1ccc(CC(C)C(=O)Nc2ccc(F)c(C(N)=O)c2)cc1. The van der Waals surface area contributed by atoms with Crippen LogP contribution >= 0.6 is 0 Å². The molecule has 2 aromatic rings. The van der Waals surface area contributed by atoms with Gasteiger partial charge in [0.15, 0.2) is 0 Å². The van der Waals surface area contributed by atoms with Crippen molar-refractivity contribution in [2.24, 2.45) is 11.7 Å². The van der Waals surface area contributed by atoms with Gasteiger partial charge in [0.05, 0.1) is 12.7 Å². The van der Waals surface area contributed by atoms with Gasteiger partial charge in [-0.3, -0.25) is 9.59 Å². The summed E-state index contributed by atoms with van der Waals surface area (Å²) >= 11 is 0. The van der Waals surface area contributed by atoms with Gasteiger partial charge in [0.2, 0.25) is 5.91 Å². The Balaban J connectivity index is 2.03. The van der Waals surface area contributed by atoms with Crippen LogP contribution in [0.3, 0.4) is 0 Å². The minimum atomic E-state index is -0.880. The summed E-state index contributed by atoms with van der Waals surface area (Å²) in [5.41, 5.74) is 6.17. The standard InChI is InChI=1S/C18H19FN2O3/c1-11(9-12-3-6-14(24-2)7-4-12)18(23)21-13-5-8-16(19)15(10-13)17(20)22/h3-8,10-11H,9H2,1-2H3,(H2,20,22)(H,21,23). The smallest absolute Gasteiger partial charge is 0.251 e. The van der Waals surface area contributed by atoms with Crippen LogP contribution in [0.15, 0.2) is 42.5 Å². The summed E-state index contributed by atoms with van der Waals surface area (Å²) in [6.45, 7) is 1.79. The molecule has 24 heavy (non-hydrogen) atoms. The van der Waals surface area contributed by atoms with Crippen LogP contribution in [0.5, 0.6) is 5.75 Å². The maximum absolute atomic E-state index is 13.4. The van der Waals surface area contributed by atoms with Crippen molar-refractivity contribution in [2.75, 3.05) is 12.4 Å². The Kier molecular flexibility index (Phi) is 5.52. The average molecular weight is 330 g/mol.